The first-order chi connectivity index (χ1) is 6.16. The number of rotatable bonds is 2. The third-order valence-electron chi connectivity index (χ3n) is 2.83. The summed E-state index contributed by atoms with van der Waals surface area (Å²) in [5, 5.41) is 0. The van der Waals surface area contributed by atoms with Gasteiger partial charge in [0, 0.05) is 11.5 Å². The fourth-order valence-corrected chi connectivity index (χ4v) is 2.11. The van der Waals surface area contributed by atoms with E-state index in [0.29, 0.717) is 17.4 Å². The van der Waals surface area contributed by atoms with Gasteiger partial charge in [-0.15, -0.1) is 0 Å². The molecule has 2 unspecified atom stereocenters. The zero-order valence-corrected chi connectivity index (χ0v) is 7.88. The lowest BCUT2D eigenvalue weighted by molar-refractivity contribution is -0.135. The third-order valence-corrected chi connectivity index (χ3v) is 2.83. The normalized spacial score (nSPS) is 30.1. The van der Waals surface area contributed by atoms with E-state index in [1.807, 2.05) is 0 Å². The predicted molar refractivity (Wildman–Crippen MR) is 49.8 cm³/mol. The molecule has 2 bridgehead atoms. The van der Waals surface area contributed by atoms with Crippen LogP contribution in [0.15, 0.2) is 24.0 Å². The lowest BCUT2D eigenvalue weighted by atomic mass is 10.1. The van der Waals surface area contributed by atoms with Crippen LogP contribution in [-0.2, 0) is 9.53 Å². The van der Waals surface area contributed by atoms with Crippen LogP contribution < -0.4 is 0 Å². The van der Waals surface area contributed by atoms with Crippen LogP contribution in [0, 0.1) is 11.8 Å². The molecule has 2 aliphatic rings. The number of allylic oxidation sites excluding steroid dienone is 2. The quantitative estimate of drug-likeness (QED) is 0.479. The number of esters is 1. The number of carbonyl (C=O) groups is 1. The summed E-state index contributed by atoms with van der Waals surface area (Å²) < 4.78 is 5.23. The molecule has 2 nitrogen and oxygen atoms in total. The molecular weight excluding hydrogens is 164 g/mol. The maximum atomic E-state index is 11.2. The van der Waals surface area contributed by atoms with Gasteiger partial charge in [0.15, 0.2) is 0 Å². The van der Waals surface area contributed by atoms with E-state index < -0.39 is 0 Å². The number of fused-ring (bicyclic) bond motifs is 2. The van der Waals surface area contributed by atoms with E-state index in [0.717, 1.165) is 5.76 Å². The molecule has 2 rings (SSSR count). The topological polar surface area (TPSA) is 26.3 Å². The highest BCUT2D eigenvalue weighted by Crippen LogP contribution is 2.44. The van der Waals surface area contributed by atoms with Crippen molar-refractivity contribution in [3.63, 3.8) is 0 Å². The van der Waals surface area contributed by atoms with Crippen molar-refractivity contribution in [2.24, 2.45) is 11.8 Å². The Labute approximate surface area is 78.3 Å². The Morgan fingerprint density at radius 3 is 2.85 bits per heavy atom. The summed E-state index contributed by atoms with van der Waals surface area (Å²) in [4.78, 5) is 11.2. The molecular formula is C11H14O2. The highest BCUT2D eigenvalue weighted by atomic mass is 16.5. The van der Waals surface area contributed by atoms with Crippen molar-refractivity contribution in [1.82, 2.24) is 0 Å². The molecule has 1 saturated carbocycles. The molecule has 0 amide bonds. The molecule has 0 aromatic rings. The summed E-state index contributed by atoms with van der Waals surface area (Å²) in [5.41, 5.74) is 0.476. The lowest BCUT2D eigenvalue weighted by Gasteiger charge is -2.12. The third kappa shape index (κ3) is 1.53. The first-order valence-electron chi connectivity index (χ1n) is 4.76. The molecule has 13 heavy (non-hydrogen) atoms. The van der Waals surface area contributed by atoms with Gasteiger partial charge in [0.05, 0.1) is 0 Å². The Bertz CT molecular complexity index is 288. The minimum absolute atomic E-state index is 0.279. The van der Waals surface area contributed by atoms with Gasteiger partial charge in [-0.3, -0.25) is 0 Å². The van der Waals surface area contributed by atoms with Crippen LogP contribution in [-0.4, -0.2) is 5.97 Å². The van der Waals surface area contributed by atoms with Gasteiger partial charge in [-0.2, -0.15) is 0 Å². The van der Waals surface area contributed by atoms with E-state index in [2.05, 4.69) is 12.7 Å². The Hall–Kier alpha value is -1.05. The predicted octanol–water partition coefficient (Wildman–Crippen LogP) is 2.42. The molecule has 0 heterocycles. The summed E-state index contributed by atoms with van der Waals surface area (Å²) in [7, 11) is 0. The fourth-order valence-electron chi connectivity index (χ4n) is 2.11. The van der Waals surface area contributed by atoms with Crippen LogP contribution in [0.4, 0.5) is 0 Å². The monoisotopic (exact) mass is 178 g/mol. The molecule has 0 aromatic carbocycles. The number of carbonyl (C=O) groups excluding carboxylic acids is 1. The molecule has 70 valence electrons. The van der Waals surface area contributed by atoms with E-state index in [1.54, 1.807) is 6.92 Å². The van der Waals surface area contributed by atoms with Crippen LogP contribution in [0.5, 0.6) is 0 Å². The van der Waals surface area contributed by atoms with E-state index in [-0.39, 0.29) is 5.97 Å². The Morgan fingerprint density at radius 2 is 2.38 bits per heavy atom. The summed E-state index contributed by atoms with van der Waals surface area (Å²) in [6.07, 6.45) is 5.73. The maximum absolute atomic E-state index is 11.2. The van der Waals surface area contributed by atoms with Gasteiger partial charge < -0.3 is 4.74 Å². The molecule has 0 saturated heterocycles. The van der Waals surface area contributed by atoms with Crippen molar-refractivity contribution < 1.29 is 9.53 Å². The number of ether oxygens (including phenoxy) is 1. The standard InChI is InChI=1S/C11H14O2/c1-7(2)11(12)13-10-6-8-3-4-9(10)5-8/h6,8-9H,1,3-5H2,2H3. The molecule has 2 heteroatoms. The second kappa shape index (κ2) is 3.02. The average Bonchev–Trinajstić information content (AvgIpc) is 2.64. The van der Waals surface area contributed by atoms with Crippen LogP contribution in [0.2, 0.25) is 0 Å². The smallest absolute Gasteiger partial charge is 0.338 e. The SMILES string of the molecule is C=C(C)C(=O)OC1=CC2CCC1C2. The van der Waals surface area contributed by atoms with Crippen LogP contribution >= 0.6 is 0 Å². The summed E-state index contributed by atoms with van der Waals surface area (Å²) in [5.74, 6) is 1.79. The van der Waals surface area contributed by atoms with Gasteiger partial charge in [0.1, 0.15) is 5.76 Å². The fraction of sp³-hybridized carbons (Fsp3) is 0.545. The Kier molecular flexibility index (Phi) is 1.98. The van der Waals surface area contributed by atoms with Gasteiger partial charge in [0.25, 0.3) is 0 Å². The molecule has 2 aliphatic carbocycles. The van der Waals surface area contributed by atoms with E-state index in [1.165, 1.54) is 19.3 Å². The lowest BCUT2D eigenvalue weighted by Crippen LogP contribution is -2.09. The van der Waals surface area contributed by atoms with Crippen molar-refractivity contribution in [3.05, 3.63) is 24.0 Å². The number of hydrogen-bond acceptors (Lipinski definition) is 2. The summed E-state index contributed by atoms with van der Waals surface area (Å²) >= 11 is 0. The minimum Gasteiger partial charge on any atom is -0.428 e. The second-order valence-corrected chi connectivity index (χ2v) is 4.01. The molecule has 1 fully saturated rings. The van der Waals surface area contributed by atoms with E-state index >= 15 is 0 Å². The van der Waals surface area contributed by atoms with Crippen LogP contribution in [0.1, 0.15) is 26.2 Å². The van der Waals surface area contributed by atoms with Gasteiger partial charge in [-0.05, 0) is 38.2 Å². The summed E-state index contributed by atoms with van der Waals surface area (Å²) in [6, 6.07) is 0. The highest BCUT2D eigenvalue weighted by Gasteiger charge is 2.35. The zero-order valence-electron chi connectivity index (χ0n) is 7.88. The van der Waals surface area contributed by atoms with Crippen molar-refractivity contribution in [1.29, 1.82) is 0 Å². The second-order valence-electron chi connectivity index (χ2n) is 4.01. The van der Waals surface area contributed by atoms with Crippen molar-refractivity contribution >= 4 is 5.97 Å². The largest absolute Gasteiger partial charge is 0.428 e. The van der Waals surface area contributed by atoms with Crippen molar-refractivity contribution in [3.8, 4) is 0 Å². The van der Waals surface area contributed by atoms with Gasteiger partial charge in [0.2, 0.25) is 0 Å². The molecule has 0 aliphatic heterocycles. The first-order valence-corrected chi connectivity index (χ1v) is 4.76. The highest BCUT2D eigenvalue weighted by molar-refractivity contribution is 5.87. The molecule has 0 spiro atoms. The first kappa shape index (κ1) is 8.54. The molecule has 0 N–H and O–H groups in total. The van der Waals surface area contributed by atoms with Crippen molar-refractivity contribution in [2.75, 3.05) is 0 Å². The van der Waals surface area contributed by atoms with Crippen molar-refractivity contribution in [2.45, 2.75) is 26.2 Å². The number of hydrogen-bond donors (Lipinski definition) is 0. The van der Waals surface area contributed by atoms with E-state index in [9.17, 15) is 4.79 Å². The van der Waals surface area contributed by atoms with E-state index in [4.69, 9.17) is 4.74 Å². The Morgan fingerprint density at radius 1 is 1.62 bits per heavy atom. The van der Waals surface area contributed by atoms with Gasteiger partial charge >= 0.3 is 5.97 Å². The summed E-state index contributed by atoms with van der Waals surface area (Å²) in [6.45, 7) is 5.23. The Balaban J connectivity index is 2.00. The molecule has 2 atom stereocenters. The van der Waals surface area contributed by atoms with Crippen LogP contribution in [0.3, 0.4) is 0 Å². The zero-order chi connectivity index (χ0) is 9.42. The average molecular weight is 178 g/mol. The van der Waals surface area contributed by atoms with Gasteiger partial charge in [-0.1, -0.05) is 6.58 Å². The maximum Gasteiger partial charge on any atom is 0.338 e. The van der Waals surface area contributed by atoms with Crippen LogP contribution in [0.25, 0.3) is 0 Å². The molecule has 0 radical (unpaired) electrons. The minimum atomic E-state index is -0.279. The van der Waals surface area contributed by atoms with Gasteiger partial charge in [-0.25, -0.2) is 4.79 Å². The molecule has 0 aromatic heterocycles.